The summed E-state index contributed by atoms with van der Waals surface area (Å²) in [5.41, 5.74) is 2.62. The first kappa shape index (κ1) is 33.0. The third-order valence-electron chi connectivity index (χ3n) is 6.90. The Morgan fingerprint density at radius 2 is 1.45 bits per heavy atom. The van der Waals surface area contributed by atoms with E-state index in [-0.39, 0.29) is 33.0 Å². The summed E-state index contributed by atoms with van der Waals surface area (Å²) < 4.78 is 51.3. The first-order chi connectivity index (χ1) is 21.1. The van der Waals surface area contributed by atoms with Gasteiger partial charge in [-0.3, -0.25) is 9.29 Å². The minimum absolute atomic E-state index is 0.0127. The summed E-state index contributed by atoms with van der Waals surface area (Å²) in [6.45, 7) is 3.93. The topological polar surface area (TPSA) is 134 Å². The third-order valence-corrected chi connectivity index (χ3v) is 9.51. The Balaban J connectivity index is 1.27. The van der Waals surface area contributed by atoms with Crippen LogP contribution in [0.2, 0.25) is 0 Å². The van der Waals surface area contributed by atoms with Crippen LogP contribution in [0.25, 0.3) is 0 Å². The Morgan fingerprint density at radius 1 is 0.864 bits per heavy atom. The molecular formula is C33H37N2O7PS. The Bertz CT molecular complexity index is 1560. The van der Waals surface area contributed by atoms with Crippen LogP contribution in [-0.2, 0) is 26.4 Å². The number of sulfonamides is 1. The standard InChI is InChI=1S/C33H37N2O7PS/c1-24(2)44(39,40)35-31-21-30(17-18-32(31)37)41-23-28(36)22-34-20-19-25-13-15-29(16-14-25)42-33(43-38,26-9-5-3-6-10-26)27-11-7-4-8-12-27/h3-18,21,24,28,34-37H,19-20,22-23H2,1-2H3/t28-/m0/s1. The number of anilines is 1. The lowest BCUT2D eigenvalue weighted by Crippen LogP contribution is -2.32. The number of hydrogen-bond acceptors (Lipinski definition) is 8. The lowest BCUT2D eigenvalue weighted by molar-refractivity contribution is 0.106. The van der Waals surface area contributed by atoms with E-state index in [1.165, 1.54) is 32.0 Å². The van der Waals surface area contributed by atoms with Gasteiger partial charge in [0.1, 0.15) is 30.0 Å². The molecule has 0 saturated carbocycles. The van der Waals surface area contributed by atoms with Gasteiger partial charge in [0.05, 0.1) is 10.9 Å². The number of aliphatic hydroxyl groups is 1. The van der Waals surface area contributed by atoms with Crippen LogP contribution in [0.4, 0.5) is 5.69 Å². The summed E-state index contributed by atoms with van der Waals surface area (Å²) in [6, 6.07) is 30.8. The summed E-state index contributed by atoms with van der Waals surface area (Å²) >= 11 is 0. The molecule has 9 nitrogen and oxygen atoms in total. The summed E-state index contributed by atoms with van der Waals surface area (Å²) in [5.74, 6) is 0.672. The van der Waals surface area contributed by atoms with E-state index in [1.54, 1.807) is 0 Å². The van der Waals surface area contributed by atoms with E-state index in [4.69, 9.17) is 9.47 Å². The van der Waals surface area contributed by atoms with Crippen LogP contribution in [0.1, 0.15) is 30.5 Å². The molecule has 4 N–H and O–H groups in total. The average molecular weight is 637 g/mol. The Labute approximate surface area is 260 Å². The minimum Gasteiger partial charge on any atom is -0.506 e. The van der Waals surface area contributed by atoms with E-state index in [2.05, 4.69) is 10.0 Å². The van der Waals surface area contributed by atoms with Crippen molar-refractivity contribution in [3.05, 3.63) is 120 Å². The molecule has 4 aromatic rings. The monoisotopic (exact) mass is 636 g/mol. The lowest BCUT2D eigenvalue weighted by atomic mass is 10.0. The second kappa shape index (κ2) is 15.2. The molecule has 0 aliphatic heterocycles. The Hall–Kier alpha value is -3.95. The molecule has 1 atom stereocenters. The van der Waals surface area contributed by atoms with Gasteiger partial charge >= 0.3 is 0 Å². The second-order valence-electron chi connectivity index (χ2n) is 10.5. The second-order valence-corrected chi connectivity index (χ2v) is 13.6. The van der Waals surface area contributed by atoms with Gasteiger partial charge in [-0.25, -0.2) is 8.42 Å². The molecule has 0 amide bonds. The molecule has 0 unspecified atom stereocenters. The molecule has 0 aliphatic carbocycles. The van der Waals surface area contributed by atoms with Gasteiger partial charge < -0.3 is 25.0 Å². The van der Waals surface area contributed by atoms with Crippen molar-refractivity contribution < 1.29 is 32.7 Å². The van der Waals surface area contributed by atoms with Crippen LogP contribution >= 0.6 is 8.46 Å². The van der Waals surface area contributed by atoms with Gasteiger partial charge in [0, 0.05) is 23.7 Å². The highest BCUT2D eigenvalue weighted by Gasteiger charge is 2.38. The van der Waals surface area contributed by atoms with E-state index in [1.807, 2.05) is 84.9 Å². The SMILES string of the molecule is CC(C)S(=O)(=O)Nc1cc(OC[C@@H](O)CNCCc2ccc(OC(P=O)(c3ccccc3)c3ccccc3)cc2)ccc1O. The van der Waals surface area contributed by atoms with Gasteiger partial charge in [-0.05, 0) is 56.6 Å². The van der Waals surface area contributed by atoms with E-state index < -0.39 is 26.7 Å². The molecule has 11 heteroatoms. The Morgan fingerprint density at radius 3 is 2.02 bits per heavy atom. The first-order valence-electron chi connectivity index (χ1n) is 14.2. The summed E-state index contributed by atoms with van der Waals surface area (Å²) in [6.07, 6.45) is -0.112. The molecule has 0 spiro atoms. The molecule has 0 aromatic heterocycles. The maximum Gasteiger partial charge on any atom is 0.238 e. The highest BCUT2D eigenvalue weighted by molar-refractivity contribution is 7.93. The fourth-order valence-electron chi connectivity index (χ4n) is 4.34. The van der Waals surface area contributed by atoms with Crippen LogP contribution < -0.4 is 19.5 Å². The zero-order valence-electron chi connectivity index (χ0n) is 24.6. The van der Waals surface area contributed by atoms with E-state index in [0.717, 1.165) is 16.7 Å². The van der Waals surface area contributed by atoms with Crippen molar-refractivity contribution in [2.24, 2.45) is 0 Å². The van der Waals surface area contributed by atoms with Gasteiger partial charge in [-0.2, -0.15) is 0 Å². The molecule has 0 saturated heterocycles. The predicted octanol–water partition coefficient (Wildman–Crippen LogP) is 5.69. The molecule has 0 heterocycles. The maximum atomic E-state index is 12.7. The predicted molar refractivity (Wildman–Crippen MR) is 172 cm³/mol. The number of aromatic hydroxyl groups is 1. The molecule has 4 aromatic carbocycles. The van der Waals surface area contributed by atoms with E-state index >= 15 is 0 Å². The van der Waals surface area contributed by atoms with Crippen LogP contribution in [0, 0.1) is 0 Å². The number of ether oxygens (including phenoxy) is 2. The van der Waals surface area contributed by atoms with Crippen molar-refractivity contribution in [2.75, 3.05) is 24.4 Å². The normalized spacial score (nSPS) is 12.6. The largest absolute Gasteiger partial charge is 0.506 e. The molecule has 4 rings (SSSR count). The van der Waals surface area contributed by atoms with Crippen LogP contribution in [0.3, 0.4) is 0 Å². The number of nitrogens with one attached hydrogen (secondary N) is 2. The Kier molecular flexibility index (Phi) is 11.4. The van der Waals surface area contributed by atoms with Gasteiger partial charge in [0.25, 0.3) is 0 Å². The maximum absolute atomic E-state index is 12.7. The third kappa shape index (κ3) is 8.57. The quantitative estimate of drug-likeness (QED) is 0.0701. The lowest BCUT2D eigenvalue weighted by Gasteiger charge is -2.29. The fourth-order valence-corrected chi connectivity index (χ4v) is 5.70. The number of hydrogen-bond donors (Lipinski definition) is 4. The molecule has 0 fully saturated rings. The molecule has 232 valence electrons. The smallest absolute Gasteiger partial charge is 0.238 e. The number of aliphatic hydroxyl groups excluding tert-OH is 1. The van der Waals surface area contributed by atoms with Gasteiger partial charge in [-0.1, -0.05) is 72.8 Å². The molecule has 0 aliphatic rings. The summed E-state index contributed by atoms with van der Waals surface area (Å²) in [4.78, 5) is 0. The van der Waals surface area contributed by atoms with Gasteiger partial charge in [-0.15, -0.1) is 0 Å². The van der Waals surface area contributed by atoms with Crippen LogP contribution in [-0.4, -0.2) is 49.7 Å². The van der Waals surface area contributed by atoms with Crippen molar-refractivity contribution in [1.82, 2.24) is 5.32 Å². The molecule has 0 bridgehead atoms. The summed E-state index contributed by atoms with van der Waals surface area (Å²) in [5, 5.41) is 21.7. The van der Waals surface area contributed by atoms with E-state index in [0.29, 0.717) is 24.5 Å². The number of benzene rings is 4. The zero-order chi connectivity index (χ0) is 31.6. The summed E-state index contributed by atoms with van der Waals surface area (Å²) in [7, 11) is -3.83. The highest BCUT2D eigenvalue weighted by Crippen LogP contribution is 2.43. The minimum atomic E-state index is -3.64. The van der Waals surface area contributed by atoms with E-state index in [9.17, 15) is 23.2 Å². The first-order valence-corrected chi connectivity index (χ1v) is 16.6. The molecule has 44 heavy (non-hydrogen) atoms. The van der Waals surface area contributed by atoms with Crippen molar-refractivity contribution in [2.45, 2.75) is 37.0 Å². The van der Waals surface area contributed by atoms with Crippen LogP contribution in [0.5, 0.6) is 17.2 Å². The molecular weight excluding hydrogens is 599 g/mol. The number of phenolic OH excluding ortho intramolecular Hbond substituents is 1. The van der Waals surface area contributed by atoms with Gasteiger partial charge in [0.15, 0.2) is 0 Å². The highest BCUT2D eigenvalue weighted by atomic mass is 32.2. The van der Waals surface area contributed by atoms with Crippen molar-refractivity contribution >= 4 is 24.2 Å². The number of rotatable bonds is 16. The average Bonchev–Trinajstić information content (AvgIpc) is 3.03. The fraction of sp³-hybridized carbons (Fsp3) is 0.273. The molecule has 0 radical (unpaired) electrons. The van der Waals surface area contributed by atoms with Gasteiger partial charge in [0.2, 0.25) is 23.8 Å². The van der Waals surface area contributed by atoms with Crippen molar-refractivity contribution in [3.8, 4) is 17.2 Å². The zero-order valence-corrected chi connectivity index (χ0v) is 26.3. The van der Waals surface area contributed by atoms with Crippen molar-refractivity contribution in [3.63, 3.8) is 0 Å². The number of phenols is 1. The van der Waals surface area contributed by atoms with Crippen LogP contribution in [0.15, 0.2) is 103 Å². The van der Waals surface area contributed by atoms with Crippen molar-refractivity contribution in [1.29, 1.82) is 0 Å².